The molecule has 0 aliphatic heterocycles. The summed E-state index contributed by atoms with van der Waals surface area (Å²) in [7, 11) is 3.23. The van der Waals surface area contributed by atoms with Crippen molar-refractivity contribution in [3.05, 3.63) is 51.8 Å². The maximum Gasteiger partial charge on any atom is 0.141 e. The van der Waals surface area contributed by atoms with Crippen molar-refractivity contribution in [2.45, 2.75) is 13.0 Å². The minimum absolute atomic E-state index is 0.305. The molecule has 0 amide bonds. The van der Waals surface area contributed by atoms with E-state index < -0.39 is 0 Å². The molecule has 20 heavy (non-hydrogen) atoms. The number of rotatable bonds is 4. The number of pyridine rings is 1. The van der Waals surface area contributed by atoms with Crippen LogP contribution in [0.25, 0.3) is 0 Å². The van der Waals surface area contributed by atoms with E-state index in [4.69, 9.17) is 15.2 Å². The molecule has 2 aromatic rings. The van der Waals surface area contributed by atoms with Gasteiger partial charge < -0.3 is 15.2 Å². The van der Waals surface area contributed by atoms with Crippen molar-refractivity contribution >= 4 is 15.9 Å². The van der Waals surface area contributed by atoms with Crippen LogP contribution in [0.1, 0.15) is 22.9 Å². The number of hydrogen-bond acceptors (Lipinski definition) is 4. The van der Waals surface area contributed by atoms with Gasteiger partial charge in [0.15, 0.2) is 0 Å². The third-order valence-corrected chi connectivity index (χ3v) is 3.99. The molecule has 2 N–H and O–H groups in total. The van der Waals surface area contributed by atoms with Crippen LogP contribution in [-0.4, -0.2) is 19.2 Å². The number of benzene rings is 1. The maximum absolute atomic E-state index is 6.37. The van der Waals surface area contributed by atoms with Crippen LogP contribution in [0.4, 0.5) is 0 Å². The summed E-state index contributed by atoms with van der Waals surface area (Å²) in [5.74, 6) is 1.39. The Labute approximate surface area is 127 Å². The van der Waals surface area contributed by atoms with Gasteiger partial charge in [-0.15, -0.1) is 0 Å². The van der Waals surface area contributed by atoms with Crippen molar-refractivity contribution in [3.8, 4) is 11.5 Å². The molecule has 0 saturated carbocycles. The molecule has 0 saturated heterocycles. The summed E-state index contributed by atoms with van der Waals surface area (Å²) in [6.07, 6.45) is 1.76. The Morgan fingerprint density at radius 1 is 1.15 bits per heavy atom. The Kier molecular flexibility index (Phi) is 4.62. The second-order valence-corrected chi connectivity index (χ2v) is 5.15. The van der Waals surface area contributed by atoms with Gasteiger partial charge in [0.25, 0.3) is 0 Å². The number of aryl methyl sites for hydroxylation is 1. The largest absolute Gasteiger partial charge is 0.495 e. The van der Waals surface area contributed by atoms with Gasteiger partial charge in [0.2, 0.25) is 0 Å². The van der Waals surface area contributed by atoms with Gasteiger partial charge in [-0.25, -0.2) is 0 Å². The monoisotopic (exact) mass is 336 g/mol. The van der Waals surface area contributed by atoms with Crippen molar-refractivity contribution < 1.29 is 9.47 Å². The summed E-state index contributed by atoms with van der Waals surface area (Å²) < 4.78 is 11.5. The molecule has 0 spiro atoms. The van der Waals surface area contributed by atoms with Crippen molar-refractivity contribution in [2.24, 2.45) is 5.73 Å². The predicted octanol–water partition coefficient (Wildman–Crippen LogP) is 3.22. The zero-order valence-corrected chi connectivity index (χ0v) is 13.3. The van der Waals surface area contributed by atoms with Crippen molar-refractivity contribution in [3.63, 3.8) is 0 Å². The second kappa shape index (κ2) is 6.24. The highest BCUT2D eigenvalue weighted by atomic mass is 79.9. The van der Waals surface area contributed by atoms with E-state index in [1.165, 1.54) is 0 Å². The van der Waals surface area contributed by atoms with Crippen molar-refractivity contribution in [2.75, 3.05) is 14.2 Å². The molecule has 1 aromatic heterocycles. The molecule has 0 aliphatic rings. The fourth-order valence-corrected chi connectivity index (χ4v) is 2.84. The number of hydrogen-bond donors (Lipinski definition) is 1. The summed E-state index contributed by atoms with van der Waals surface area (Å²) in [4.78, 5) is 4.28. The van der Waals surface area contributed by atoms with Gasteiger partial charge in [-0.2, -0.15) is 0 Å². The van der Waals surface area contributed by atoms with E-state index in [0.717, 1.165) is 21.3 Å². The topological polar surface area (TPSA) is 57.4 Å². The van der Waals surface area contributed by atoms with Gasteiger partial charge in [-0.3, -0.25) is 4.98 Å². The lowest BCUT2D eigenvalue weighted by Crippen LogP contribution is -2.15. The maximum atomic E-state index is 6.37. The lowest BCUT2D eigenvalue weighted by Gasteiger charge is -2.19. The molecule has 106 valence electrons. The van der Waals surface area contributed by atoms with Gasteiger partial charge in [-0.1, -0.05) is 6.07 Å². The van der Waals surface area contributed by atoms with Gasteiger partial charge in [-0.05, 0) is 46.6 Å². The quantitative estimate of drug-likeness (QED) is 0.931. The molecular formula is C15H17BrN2O2. The highest BCUT2D eigenvalue weighted by Crippen LogP contribution is 2.40. The number of ether oxygens (including phenoxy) is 2. The summed E-state index contributed by atoms with van der Waals surface area (Å²) in [6, 6.07) is 7.34. The van der Waals surface area contributed by atoms with E-state index in [2.05, 4.69) is 20.9 Å². The van der Waals surface area contributed by atoms with E-state index in [1.807, 2.05) is 31.2 Å². The molecule has 1 atom stereocenters. The minimum Gasteiger partial charge on any atom is -0.495 e. The molecule has 2 rings (SSSR count). The molecule has 0 bridgehead atoms. The third-order valence-electron chi connectivity index (χ3n) is 3.23. The summed E-state index contributed by atoms with van der Waals surface area (Å²) in [5, 5.41) is 0. The first-order valence-electron chi connectivity index (χ1n) is 6.17. The van der Waals surface area contributed by atoms with Crippen LogP contribution < -0.4 is 15.2 Å². The molecule has 1 aromatic carbocycles. The summed E-state index contributed by atoms with van der Waals surface area (Å²) in [5.41, 5.74) is 9.14. The fraction of sp³-hybridized carbons (Fsp3) is 0.267. The molecule has 1 unspecified atom stereocenters. The van der Waals surface area contributed by atoms with Crippen molar-refractivity contribution in [1.29, 1.82) is 0 Å². The normalized spacial score (nSPS) is 12.1. The molecule has 0 radical (unpaired) electrons. The van der Waals surface area contributed by atoms with Gasteiger partial charge >= 0.3 is 0 Å². The van der Waals surface area contributed by atoms with E-state index in [-0.39, 0.29) is 6.04 Å². The highest BCUT2D eigenvalue weighted by molar-refractivity contribution is 9.10. The molecule has 0 fully saturated rings. The first-order chi connectivity index (χ1) is 9.60. The fourth-order valence-electron chi connectivity index (χ4n) is 2.16. The van der Waals surface area contributed by atoms with E-state index >= 15 is 0 Å². The average molecular weight is 337 g/mol. The third kappa shape index (κ3) is 2.64. The van der Waals surface area contributed by atoms with Crippen LogP contribution >= 0.6 is 15.9 Å². The van der Waals surface area contributed by atoms with E-state index in [9.17, 15) is 0 Å². The van der Waals surface area contributed by atoms with Gasteiger partial charge in [0.1, 0.15) is 16.0 Å². The first kappa shape index (κ1) is 14.8. The second-order valence-electron chi connectivity index (χ2n) is 4.36. The Bertz CT molecular complexity index is 617. The van der Waals surface area contributed by atoms with Crippen LogP contribution in [0.15, 0.2) is 34.9 Å². The average Bonchev–Trinajstić information content (AvgIpc) is 2.46. The number of halogens is 1. The molecule has 0 aliphatic carbocycles. The van der Waals surface area contributed by atoms with Gasteiger partial charge in [0, 0.05) is 17.5 Å². The summed E-state index contributed by atoms with van der Waals surface area (Å²) in [6.45, 7) is 1.94. The Hall–Kier alpha value is -1.59. The van der Waals surface area contributed by atoms with Crippen LogP contribution in [0, 0.1) is 6.92 Å². The van der Waals surface area contributed by atoms with Crippen LogP contribution in [0.5, 0.6) is 11.5 Å². The number of aromatic nitrogens is 1. The van der Waals surface area contributed by atoms with Crippen LogP contribution in [0.3, 0.4) is 0 Å². The number of methoxy groups -OCH3 is 2. The lowest BCUT2D eigenvalue weighted by molar-refractivity contribution is 0.385. The van der Waals surface area contributed by atoms with Crippen molar-refractivity contribution in [1.82, 2.24) is 4.98 Å². The Balaban J connectivity index is 2.53. The summed E-state index contributed by atoms with van der Waals surface area (Å²) >= 11 is 3.49. The first-order valence-corrected chi connectivity index (χ1v) is 6.97. The lowest BCUT2D eigenvalue weighted by atomic mass is 9.97. The molecule has 5 heteroatoms. The Morgan fingerprint density at radius 3 is 2.50 bits per heavy atom. The molecule has 1 heterocycles. The smallest absolute Gasteiger partial charge is 0.141 e. The zero-order valence-electron chi connectivity index (χ0n) is 11.7. The Morgan fingerprint density at radius 2 is 1.90 bits per heavy atom. The predicted molar refractivity (Wildman–Crippen MR) is 82.3 cm³/mol. The molecular weight excluding hydrogens is 320 g/mol. The van der Waals surface area contributed by atoms with Gasteiger partial charge in [0.05, 0.1) is 20.3 Å². The zero-order chi connectivity index (χ0) is 14.7. The minimum atomic E-state index is -0.305. The number of nitrogens with two attached hydrogens (primary N) is 1. The molecule has 4 nitrogen and oxygen atoms in total. The highest BCUT2D eigenvalue weighted by Gasteiger charge is 2.20. The number of nitrogens with zero attached hydrogens (tertiary/aromatic N) is 1. The van der Waals surface area contributed by atoms with Crippen LogP contribution in [0.2, 0.25) is 0 Å². The van der Waals surface area contributed by atoms with E-state index in [0.29, 0.717) is 11.5 Å². The standard InChI is InChI=1S/C15H17BrN2O2/c1-9-10(5-4-8-18-9)14(17)11-6-7-12(19-2)13(16)15(11)20-3/h4-8,14H,17H2,1-3H3. The van der Waals surface area contributed by atoms with Crippen LogP contribution in [-0.2, 0) is 0 Å². The SMILES string of the molecule is COc1ccc(C(N)c2cccnc2C)c(OC)c1Br. The van der Waals surface area contributed by atoms with E-state index in [1.54, 1.807) is 20.4 Å².